The van der Waals surface area contributed by atoms with E-state index in [9.17, 15) is 9.59 Å². The van der Waals surface area contributed by atoms with Crippen LogP contribution in [-0.2, 0) is 14.3 Å². The lowest BCUT2D eigenvalue weighted by atomic mass is 10.1. The zero-order valence-electron chi connectivity index (χ0n) is 16.2. The minimum absolute atomic E-state index is 0.184. The summed E-state index contributed by atoms with van der Waals surface area (Å²) < 4.78 is 15.7. The SMILES string of the molecule is CCOCCOC(=O)C(C)Oc1ccc(C(=O)Nc2ccc(Cl)cc2C)cc1. The van der Waals surface area contributed by atoms with Crippen molar-refractivity contribution in [3.05, 3.63) is 58.6 Å². The average molecular weight is 406 g/mol. The van der Waals surface area contributed by atoms with Crippen LogP contribution in [0, 0.1) is 6.92 Å². The van der Waals surface area contributed by atoms with E-state index in [-0.39, 0.29) is 12.5 Å². The molecule has 6 nitrogen and oxygen atoms in total. The molecule has 0 aliphatic heterocycles. The molecule has 2 aromatic carbocycles. The second kappa shape index (κ2) is 10.7. The lowest BCUT2D eigenvalue weighted by molar-refractivity contribution is -0.152. The summed E-state index contributed by atoms with van der Waals surface area (Å²) in [6, 6.07) is 11.8. The molecule has 1 amide bonds. The number of nitrogens with one attached hydrogen (secondary N) is 1. The number of hydrogen-bond acceptors (Lipinski definition) is 5. The molecule has 7 heteroatoms. The molecule has 0 saturated carbocycles. The third kappa shape index (κ3) is 6.55. The van der Waals surface area contributed by atoms with Crippen molar-refractivity contribution in [2.75, 3.05) is 25.1 Å². The highest BCUT2D eigenvalue weighted by atomic mass is 35.5. The van der Waals surface area contributed by atoms with Crippen molar-refractivity contribution in [1.29, 1.82) is 0 Å². The van der Waals surface area contributed by atoms with Gasteiger partial charge in [-0.2, -0.15) is 0 Å². The van der Waals surface area contributed by atoms with E-state index in [1.54, 1.807) is 49.4 Å². The molecule has 0 radical (unpaired) electrons. The van der Waals surface area contributed by atoms with Crippen LogP contribution >= 0.6 is 11.6 Å². The first kappa shape index (κ1) is 21.7. The first-order valence-electron chi connectivity index (χ1n) is 8.99. The molecule has 1 unspecified atom stereocenters. The smallest absolute Gasteiger partial charge is 0.347 e. The van der Waals surface area contributed by atoms with E-state index < -0.39 is 12.1 Å². The topological polar surface area (TPSA) is 73.9 Å². The fourth-order valence-corrected chi connectivity index (χ4v) is 2.59. The van der Waals surface area contributed by atoms with E-state index in [2.05, 4.69) is 5.32 Å². The number of anilines is 1. The van der Waals surface area contributed by atoms with Gasteiger partial charge in [-0.1, -0.05) is 11.6 Å². The highest BCUT2D eigenvalue weighted by Gasteiger charge is 2.16. The van der Waals surface area contributed by atoms with Crippen LogP contribution in [0.15, 0.2) is 42.5 Å². The van der Waals surface area contributed by atoms with Gasteiger partial charge in [0.1, 0.15) is 12.4 Å². The predicted molar refractivity (Wildman–Crippen MR) is 108 cm³/mol. The second-order valence-electron chi connectivity index (χ2n) is 6.06. The van der Waals surface area contributed by atoms with E-state index in [1.807, 2.05) is 13.8 Å². The van der Waals surface area contributed by atoms with Gasteiger partial charge in [0, 0.05) is 22.9 Å². The standard InChI is InChI=1S/C21H24ClNO5/c1-4-26-11-12-27-21(25)15(3)28-18-8-5-16(6-9-18)20(24)23-19-10-7-17(22)13-14(19)2/h5-10,13,15H,4,11-12H2,1-3H3,(H,23,24). The van der Waals surface area contributed by atoms with Crippen molar-refractivity contribution in [2.45, 2.75) is 26.9 Å². The van der Waals surface area contributed by atoms with Crippen LogP contribution < -0.4 is 10.1 Å². The summed E-state index contributed by atoms with van der Waals surface area (Å²) >= 11 is 5.93. The number of benzene rings is 2. The van der Waals surface area contributed by atoms with Crippen molar-refractivity contribution in [3.63, 3.8) is 0 Å². The quantitative estimate of drug-likeness (QED) is 0.498. The molecule has 2 rings (SSSR count). The lowest BCUT2D eigenvalue weighted by Crippen LogP contribution is -2.27. The largest absolute Gasteiger partial charge is 0.479 e. The Morgan fingerprint density at radius 1 is 1.11 bits per heavy atom. The number of rotatable bonds is 9. The molecule has 2 aromatic rings. The number of halogens is 1. The summed E-state index contributed by atoms with van der Waals surface area (Å²) in [5.74, 6) is -0.256. The number of ether oxygens (including phenoxy) is 3. The van der Waals surface area contributed by atoms with E-state index in [0.717, 1.165) is 5.56 Å². The number of aryl methyl sites for hydroxylation is 1. The molecule has 0 bridgehead atoms. The van der Waals surface area contributed by atoms with Crippen LogP contribution in [0.4, 0.5) is 5.69 Å². The molecule has 0 heterocycles. The predicted octanol–water partition coefficient (Wildman–Crippen LogP) is 4.25. The summed E-state index contributed by atoms with van der Waals surface area (Å²) in [5.41, 5.74) is 2.03. The lowest BCUT2D eigenvalue weighted by Gasteiger charge is -2.14. The van der Waals surface area contributed by atoms with Crippen LogP contribution in [0.2, 0.25) is 5.02 Å². The van der Waals surface area contributed by atoms with E-state index in [1.165, 1.54) is 0 Å². The number of carbonyl (C=O) groups is 2. The van der Waals surface area contributed by atoms with Crippen LogP contribution in [0.5, 0.6) is 5.75 Å². The van der Waals surface area contributed by atoms with Crippen molar-refractivity contribution in [2.24, 2.45) is 0 Å². The Balaban J connectivity index is 1.89. The van der Waals surface area contributed by atoms with Crippen LogP contribution in [0.1, 0.15) is 29.8 Å². The van der Waals surface area contributed by atoms with Crippen molar-refractivity contribution in [3.8, 4) is 5.75 Å². The number of esters is 1. The Bertz CT molecular complexity index is 807. The zero-order valence-corrected chi connectivity index (χ0v) is 16.9. The molecule has 0 saturated heterocycles. The zero-order chi connectivity index (χ0) is 20.5. The van der Waals surface area contributed by atoms with Crippen LogP contribution in [0.25, 0.3) is 0 Å². The fourth-order valence-electron chi connectivity index (χ4n) is 2.36. The highest BCUT2D eigenvalue weighted by molar-refractivity contribution is 6.30. The van der Waals surface area contributed by atoms with E-state index >= 15 is 0 Å². The van der Waals surface area contributed by atoms with Crippen molar-refractivity contribution < 1.29 is 23.8 Å². The average Bonchev–Trinajstić information content (AvgIpc) is 2.67. The molecule has 0 aliphatic carbocycles. The third-order valence-corrected chi connectivity index (χ3v) is 4.11. The number of hydrogen-bond donors (Lipinski definition) is 1. The van der Waals surface area contributed by atoms with Gasteiger partial charge in [0.05, 0.1) is 6.61 Å². The van der Waals surface area contributed by atoms with Gasteiger partial charge in [-0.25, -0.2) is 4.79 Å². The second-order valence-corrected chi connectivity index (χ2v) is 6.50. The van der Waals surface area contributed by atoms with Crippen molar-refractivity contribution in [1.82, 2.24) is 0 Å². The minimum atomic E-state index is -0.766. The monoisotopic (exact) mass is 405 g/mol. The van der Waals surface area contributed by atoms with Gasteiger partial charge in [-0.05, 0) is 68.8 Å². The molecule has 1 N–H and O–H groups in total. The van der Waals surface area contributed by atoms with Crippen LogP contribution in [0.3, 0.4) is 0 Å². The fraction of sp³-hybridized carbons (Fsp3) is 0.333. The van der Waals surface area contributed by atoms with E-state index in [0.29, 0.717) is 35.2 Å². The van der Waals surface area contributed by atoms with Crippen LogP contribution in [-0.4, -0.2) is 37.8 Å². The summed E-state index contributed by atoms with van der Waals surface area (Å²) in [6.07, 6.45) is -0.766. The van der Waals surface area contributed by atoms with Gasteiger partial charge in [0.25, 0.3) is 5.91 Å². The summed E-state index contributed by atoms with van der Waals surface area (Å²) in [6.45, 7) is 6.45. The summed E-state index contributed by atoms with van der Waals surface area (Å²) in [5, 5.41) is 3.45. The molecular weight excluding hydrogens is 382 g/mol. The van der Waals surface area contributed by atoms with Gasteiger partial charge in [0.15, 0.2) is 6.10 Å². The number of carbonyl (C=O) groups excluding carboxylic acids is 2. The van der Waals surface area contributed by atoms with Gasteiger partial charge in [-0.15, -0.1) is 0 Å². The molecule has 0 aliphatic rings. The molecule has 150 valence electrons. The Morgan fingerprint density at radius 3 is 2.46 bits per heavy atom. The Hall–Kier alpha value is -2.57. The maximum Gasteiger partial charge on any atom is 0.347 e. The molecular formula is C21H24ClNO5. The maximum atomic E-state index is 12.4. The normalized spacial score (nSPS) is 11.6. The Morgan fingerprint density at radius 2 is 1.82 bits per heavy atom. The van der Waals surface area contributed by atoms with Gasteiger partial charge in [-0.3, -0.25) is 4.79 Å². The van der Waals surface area contributed by atoms with Gasteiger partial charge >= 0.3 is 5.97 Å². The summed E-state index contributed by atoms with van der Waals surface area (Å²) in [7, 11) is 0. The van der Waals surface area contributed by atoms with Crippen molar-refractivity contribution >= 4 is 29.2 Å². The summed E-state index contributed by atoms with van der Waals surface area (Å²) in [4.78, 5) is 24.3. The molecule has 0 fully saturated rings. The first-order valence-corrected chi connectivity index (χ1v) is 9.37. The Labute approximate surface area is 169 Å². The van der Waals surface area contributed by atoms with Gasteiger partial charge < -0.3 is 19.5 Å². The minimum Gasteiger partial charge on any atom is -0.479 e. The highest BCUT2D eigenvalue weighted by Crippen LogP contribution is 2.21. The molecule has 0 spiro atoms. The Kier molecular flexibility index (Phi) is 8.29. The van der Waals surface area contributed by atoms with Gasteiger partial charge in [0.2, 0.25) is 0 Å². The van der Waals surface area contributed by atoms with E-state index in [4.69, 9.17) is 25.8 Å². The third-order valence-electron chi connectivity index (χ3n) is 3.87. The molecule has 28 heavy (non-hydrogen) atoms. The molecule has 0 aromatic heterocycles. The maximum absolute atomic E-state index is 12.4. The first-order chi connectivity index (χ1) is 13.4. The molecule has 1 atom stereocenters. The number of amides is 1.